The zero-order chi connectivity index (χ0) is 99.6. The Morgan fingerprint density at radius 3 is 1.25 bits per heavy atom. The van der Waals surface area contributed by atoms with Crippen molar-refractivity contribution >= 4 is 123 Å². The van der Waals surface area contributed by atoms with Crippen molar-refractivity contribution in [2.45, 2.75) is 143 Å². The third-order valence-electron chi connectivity index (χ3n) is 21.2. The number of ether oxygens (including phenoxy) is 7. The SMILES string of the molecule is C(/C=C/Nc1ccccc1)=Nc1ccccc1.CC1=[N+](CCCCCC(=O)O)c2ccc(C)cc2C1(C)C.CC1=[N+](CCOCCOCc2ccc([N+](=O)[O-])cc2)c2ccc(C)cc2C1(C)C.CC1=[NH+]c2cc[c-]cc2C1(C)C.O=S(=O)=O.O=[N+]([O-])c1ccc(CBr)cc1.O=[N+]([O-])c1ccc(COCCOCCBr)cc1.O=[N+]([O-])c1ccc(COCCOCCO)cc1.OCCOCCO.[K+]. The van der Waals surface area contributed by atoms with Crippen molar-refractivity contribution in [2.24, 2.45) is 4.99 Å². The molecule has 32 nitrogen and oxygen atoms in total. The van der Waals surface area contributed by atoms with Gasteiger partial charge < -0.3 is 58.9 Å². The van der Waals surface area contributed by atoms with Crippen LogP contribution in [-0.4, -0.2) is 202 Å². The van der Waals surface area contributed by atoms with Crippen LogP contribution in [0.25, 0.3) is 0 Å². The number of aliphatic hydroxyl groups is 3. The molecule has 0 bridgehead atoms. The van der Waals surface area contributed by atoms with Gasteiger partial charge in [0.25, 0.3) is 22.7 Å². The smallest absolute Gasteiger partial charge is 0.481 e. The van der Waals surface area contributed by atoms with Crippen molar-refractivity contribution in [3.8, 4) is 0 Å². The van der Waals surface area contributed by atoms with Crippen molar-refractivity contribution < 1.29 is 156 Å². The molecule has 0 radical (unpaired) electrons. The number of allylic oxidation sites excluding steroid dienone is 1. The van der Waals surface area contributed by atoms with Crippen LogP contribution in [0.4, 0.5) is 51.2 Å². The van der Waals surface area contributed by atoms with E-state index in [2.05, 4.69) is 192 Å². The van der Waals surface area contributed by atoms with E-state index in [1.54, 1.807) is 54.7 Å². The Labute approximate surface area is 857 Å². The quantitative estimate of drug-likeness (QED) is 0.00303. The van der Waals surface area contributed by atoms with Gasteiger partial charge in [-0.25, -0.2) is 4.99 Å². The first-order chi connectivity index (χ1) is 64.6. The number of rotatable bonds is 41. The number of para-hydroxylation sites is 2. The van der Waals surface area contributed by atoms with Gasteiger partial charge in [-0.3, -0.25) is 50.2 Å². The molecule has 0 atom stereocenters. The average Bonchev–Trinajstić information content (AvgIpc) is 1.65. The van der Waals surface area contributed by atoms with Crippen LogP contribution in [0.1, 0.15) is 138 Å². The fourth-order valence-corrected chi connectivity index (χ4v) is 13.7. The molecule has 0 unspecified atom stereocenters. The number of aryl methyl sites for hydroxylation is 2. The molecule has 3 aliphatic rings. The maximum Gasteiger partial charge on any atom is 1.00 e. The van der Waals surface area contributed by atoms with Gasteiger partial charge in [0.05, 0.1) is 142 Å². The van der Waals surface area contributed by atoms with Crippen LogP contribution in [0.5, 0.6) is 0 Å². The summed E-state index contributed by atoms with van der Waals surface area (Å²) in [7, 11) is -3.11. The number of carboxylic acids is 1. The number of fused-ring (bicyclic) bond motifs is 3. The Hall–Kier alpha value is -9.91. The molecule has 9 aromatic carbocycles. The van der Waals surface area contributed by atoms with Gasteiger partial charge in [0.15, 0.2) is 18.0 Å². The minimum absolute atomic E-state index is 0. The van der Waals surface area contributed by atoms with E-state index in [-0.39, 0.29) is 117 Å². The summed E-state index contributed by atoms with van der Waals surface area (Å²) in [6, 6.07) is 67.8. The molecule has 0 saturated carbocycles. The number of hydrogen-bond donors (Lipinski definition) is 6. The van der Waals surface area contributed by atoms with E-state index in [1.165, 1.54) is 111 Å². The molecule has 728 valence electrons. The van der Waals surface area contributed by atoms with E-state index in [9.17, 15) is 45.3 Å². The number of non-ortho nitro benzene ring substituents is 4. The molecule has 3 aliphatic heterocycles. The number of nitrogens with one attached hydrogen (secondary N) is 2. The molecule has 0 aliphatic carbocycles. The Morgan fingerprint density at radius 2 is 0.860 bits per heavy atom. The first-order valence-corrected chi connectivity index (χ1v) is 46.9. The van der Waals surface area contributed by atoms with E-state index >= 15 is 0 Å². The van der Waals surface area contributed by atoms with E-state index < -0.39 is 36.3 Å². The Balaban J connectivity index is 0.000000407. The number of aliphatic carboxylic acids is 1. The molecule has 0 saturated heterocycles. The molecular formula is C100H127Br2KN9O23S+3. The Kier molecular flexibility index (Phi) is 59.6. The first kappa shape index (κ1) is 120. The van der Waals surface area contributed by atoms with Crippen molar-refractivity contribution in [1.29, 1.82) is 0 Å². The normalized spacial score (nSPS) is 12.8. The fraction of sp³-hybridized carbons (Fsp3) is 0.390. The topological polar surface area (TPSA) is 431 Å². The Morgan fingerprint density at radius 1 is 0.478 bits per heavy atom. The van der Waals surface area contributed by atoms with Gasteiger partial charge in [-0.05, 0) is 156 Å². The number of anilines is 1. The number of nitro benzene ring substituents is 4. The zero-order valence-electron chi connectivity index (χ0n) is 79.5. The number of alkyl halides is 2. The van der Waals surface area contributed by atoms with Gasteiger partial charge in [-0.15, -0.1) is 18.7 Å². The van der Waals surface area contributed by atoms with Gasteiger partial charge in [-0.2, -0.15) is 27.4 Å². The summed E-state index contributed by atoms with van der Waals surface area (Å²) < 4.78 is 67.0. The molecular weight excluding hydrogens is 1930 g/mol. The van der Waals surface area contributed by atoms with Crippen LogP contribution >= 0.6 is 31.9 Å². The van der Waals surface area contributed by atoms with Crippen LogP contribution < -0.4 is 61.7 Å². The summed E-state index contributed by atoms with van der Waals surface area (Å²) in [5.74, 6) is -0.694. The molecule has 36 heteroatoms. The molecule has 9 aromatic rings. The molecule has 136 heavy (non-hydrogen) atoms. The standard InChI is InChI=1S/C23H29N2O4.C18H25NO2.C15H14N2.C11H14BrNO4.C11H15NO5.C11H12N.C7H6BrNO2.C4H10O3.K.O3S/c1-17-5-10-22-21(15-17)23(3,4)18(2)24(22)11-12-28-13-14-29-16-19-6-8-20(9-7-19)25(26)27;1-13-9-10-16-15(12-13)18(3,4)14(2)19(16)11-7-5-6-8-17(20)21;1-3-8-14(9-4-1)16-12-7-13-17-15-10-5-2-6-11-15;12-5-6-16-7-8-17-9-10-1-3-11(4-2-10)13(14)15;13-5-6-16-7-8-17-9-10-1-3-11(4-2-10)12(14)15;1-8-11(2,3)9-6-4-5-7-10(9)12-8;8-5-6-1-3-7(4-2-6)9(10)11;5-1-3-7-4-2-6;;1-4(2)3/h5-10,15H,11-14,16H2,1-4H3;9-10,12H,5-8,11H2,1-4H3;1-13,16H;1-4H,5-9H2;1-4,13H,5-9H2;5-7H,1-3H3;1-4H,5H2;5-6H,1-4H2;;/q+1;;;;;-1;;;+1;/p+2/b;;12-7+,17-13?;;;;;;;. The second-order valence-corrected chi connectivity index (χ2v) is 33.6. The van der Waals surface area contributed by atoms with Gasteiger partial charge in [-0.1, -0.05) is 123 Å². The van der Waals surface area contributed by atoms with Crippen molar-refractivity contribution in [3.63, 3.8) is 0 Å². The van der Waals surface area contributed by atoms with E-state index in [4.69, 9.17) is 61.5 Å². The number of carbonyl (C=O) groups is 1. The molecule has 0 spiro atoms. The number of halogens is 2. The number of hydrogen-bond acceptors (Lipinski definition) is 24. The number of unbranched alkanes of at least 4 members (excludes halogenated alkanes) is 2. The second kappa shape index (κ2) is 67.4. The second-order valence-electron chi connectivity index (χ2n) is 31.8. The Bertz CT molecular complexity index is 5300. The zero-order valence-corrected chi connectivity index (χ0v) is 86.6. The number of aliphatic imine (C=N–C) groups is 1. The summed E-state index contributed by atoms with van der Waals surface area (Å²) >= 11 is 6.50. The minimum atomic E-state index is -3.11. The van der Waals surface area contributed by atoms with Crippen LogP contribution in [0.3, 0.4) is 0 Å². The monoisotopic (exact) mass is 2050 g/mol. The molecule has 0 amide bonds. The van der Waals surface area contributed by atoms with E-state index in [1.807, 2.05) is 79.0 Å². The fourth-order valence-electron chi connectivity index (χ4n) is 13.1. The van der Waals surface area contributed by atoms with Crippen LogP contribution in [0.15, 0.2) is 230 Å². The number of nitro groups is 4. The van der Waals surface area contributed by atoms with Gasteiger partial charge >= 0.3 is 68.0 Å². The summed E-state index contributed by atoms with van der Waals surface area (Å²) in [4.78, 5) is 58.2. The molecule has 3 heterocycles. The summed E-state index contributed by atoms with van der Waals surface area (Å²) in [6.45, 7) is 32.7. The first-order valence-electron chi connectivity index (χ1n) is 43.6. The number of benzene rings is 9. The van der Waals surface area contributed by atoms with Crippen LogP contribution in [0.2, 0.25) is 0 Å². The van der Waals surface area contributed by atoms with Gasteiger partial charge in [0, 0.05) is 140 Å². The average molecular weight is 2050 g/mol. The molecule has 6 N–H and O–H groups in total. The minimum Gasteiger partial charge on any atom is -0.481 e. The molecule has 0 fully saturated rings. The predicted octanol–water partition coefficient (Wildman–Crippen LogP) is 14.7. The predicted molar refractivity (Wildman–Crippen MR) is 531 cm³/mol. The molecule has 12 rings (SSSR count). The van der Waals surface area contributed by atoms with Crippen molar-refractivity contribution in [3.05, 3.63) is 321 Å². The van der Waals surface area contributed by atoms with Crippen molar-refractivity contribution in [1.82, 2.24) is 0 Å². The summed E-state index contributed by atoms with van der Waals surface area (Å²) in [6.07, 6.45) is 8.56. The van der Waals surface area contributed by atoms with E-state index in [0.29, 0.717) is 92.5 Å². The number of carboxylic acid groups (broad SMARTS) is 1. The number of aliphatic hydroxyl groups excluding tert-OH is 3. The van der Waals surface area contributed by atoms with E-state index in [0.717, 1.165) is 76.6 Å². The summed E-state index contributed by atoms with van der Waals surface area (Å²) in [5.41, 5.74) is 21.0. The number of nitrogens with zero attached hydrogens (tertiary/aromatic N) is 7. The van der Waals surface area contributed by atoms with Gasteiger partial charge in [0.2, 0.25) is 11.4 Å². The molecule has 0 aromatic heterocycles. The largest absolute Gasteiger partial charge is 1.00 e. The maximum atomic E-state index is 10.7. The van der Waals surface area contributed by atoms with Crippen LogP contribution in [-0.2, 0) is 90.0 Å². The maximum absolute atomic E-state index is 10.7. The third-order valence-corrected chi connectivity index (χ3v) is 22.1. The summed E-state index contributed by atoms with van der Waals surface area (Å²) in [5, 5.41) is 79.7. The van der Waals surface area contributed by atoms with Crippen molar-refractivity contribution in [2.75, 3.05) is 116 Å². The van der Waals surface area contributed by atoms with Crippen LogP contribution in [0, 0.1) is 60.4 Å². The third kappa shape index (κ3) is 45.6. The van der Waals surface area contributed by atoms with Gasteiger partial charge in [0.1, 0.15) is 24.6 Å².